The molecule has 4 rings (SSSR count). The van der Waals surface area contributed by atoms with E-state index in [1.807, 2.05) is 39.8 Å². The Morgan fingerprint density at radius 2 is 1.64 bits per heavy atom. The van der Waals surface area contributed by atoms with Crippen LogP contribution in [0.5, 0.6) is 0 Å². The Hall–Kier alpha value is -3.14. The van der Waals surface area contributed by atoms with Gasteiger partial charge in [0.2, 0.25) is 15.9 Å². The van der Waals surface area contributed by atoms with Gasteiger partial charge in [0.05, 0.1) is 6.26 Å². The SMILES string of the molecule is CC[C@@H]1CNC[C@H](CCc2c(F)cccc2NC(=O)[C@@H](C)[C@@H](c2ccc(F)cc2)c2cc(C)cc(C)c2)N1S(C)(=O)=O. The third kappa shape index (κ3) is 7.43. The van der Waals surface area contributed by atoms with E-state index in [9.17, 15) is 17.6 Å². The third-order valence-electron chi connectivity index (χ3n) is 8.18. The van der Waals surface area contributed by atoms with Crippen LogP contribution in [0.2, 0.25) is 0 Å². The van der Waals surface area contributed by atoms with Gasteiger partial charge in [0.1, 0.15) is 11.6 Å². The minimum Gasteiger partial charge on any atom is -0.325 e. The highest BCUT2D eigenvalue weighted by Gasteiger charge is 2.36. The summed E-state index contributed by atoms with van der Waals surface area (Å²) in [5, 5.41) is 6.27. The first-order valence-electron chi connectivity index (χ1n) is 14.5. The molecule has 0 aliphatic carbocycles. The molecule has 0 saturated carbocycles. The first-order chi connectivity index (χ1) is 19.9. The van der Waals surface area contributed by atoms with Gasteiger partial charge in [-0.3, -0.25) is 4.79 Å². The van der Waals surface area contributed by atoms with Crippen LogP contribution in [0.25, 0.3) is 0 Å². The topological polar surface area (TPSA) is 78.5 Å². The second-order valence-corrected chi connectivity index (χ2v) is 13.4. The average molecular weight is 598 g/mol. The molecule has 226 valence electrons. The Kier molecular flexibility index (Phi) is 10.2. The molecular formula is C33H41F2N3O3S. The van der Waals surface area contributed by atoms with Gasteiger partial charge in [0, 0.05) is 48.3 Å². The van der Waals surface area contributed by atoms with Crippen molar-refractivity contribution >= 4 is 21.6 Å². The van der Waals surface area contributed by atoms with Crippen molar-refractivity contribution in [3.05, 3.63) is 100 Å². The summed E-state index contributed by atoms with van der Waals surface area (Å²) in [6, 6.07) is 16.4. The summed E-state index contributed by atoms with van der Waals surface area (Å²) in [7, 11) is -3.46. The van der Waals surface area contributed by atoms with Crippen molar-refractivity contribution in [2.24, 2.45) is 5.92 Å². The number of rotatable bonds is 10. The number of piperazine rings is 1. The Bertz CT molecular complexity index is 1490. The molecule has 3 aromatic rings. The van der Waals surface area contributed by atoms with Gasteiger partial charge < -0.3 is 10.6 Å². The summed E-state index contributed by atoms with van der Waals surface area (Å²) < 4.78 is 55.8. The lowest BCUT2D eigenvalue weighted by Gasteiger charge is -2.40. The Labute approximate surface area is 248 Å². The molecule has 1 aliphatic rings. The van der Waals surface area contributed by atoms with Crippen LogP contribution in [0.3, 0.4) is 0 Å². The molecular weight excluding hydrogens is 556 g/mol. The number of amides is 1. The van der Waals surface area contributed by atoms with Gasteiger partial charge in [0.25, 0.3) is 0 Å². The van der Waals surface area contributed by atoms with Crippen molar-refractivity contribution in [1.29, 1.82) is 0 Å². The van der Waals surface area contributed by atoms with Crippen LogP contribution in [-0.2, 0) is 21.2 Å². The fourth-order valence-corrected chi connectivity index (χ4v) is 7.74. The zero-order chi connectivity index (χ0) is 30.6. The van der Waals surface area contributed by atoms with E-state index in [1.54, 1.807) is 28.6 Å². The fourth-order valence-electron chi connectivity index (χ4n) is 6.26. The zero-order valence-corrected chi connectivity index (χ0v) is 25.8. The van der Waals surface area contributed by atoms with Crippen LogP contribution in [0, 0.1) is 31.4 Å². The number of nitrogens with zero attached hydrogens (tertiary/aromatic N) is 1. The van der Waals surface area contributed by atoms with Crippen LogP contribution in [0.1, 0.15) is 60.4 Å². The van der Waals surface area contributed by atoms with E-state index in [-0.39, 0.29) is 36.1 Å². The van der Waals surface area contributed by atoms with Crippen LogP contribution in [0.4, 0.5) is 14.5 Å². The minimum absolute atomic E-state index is 0.159. The van der Waals surface area contributed by atoms with Gasteiger partial charge in [-0.2, -0.15) is 4.31 Å². The largest absolute Gasteiger partial charge is 0.325 e. The molecule has 0 spiro atoms. The predicted molar refractivity (Wildman–Crippen MR) is 164 cm³/mol. The van der Waals surface area contributed by atoms with E-state index in [0.717, 1.165) is 22.3 Å². The van der Waals surface area contributed by atoms with Gasteiger partial charge in [-0.1, -0.05) is 61.4 Å². The highest BCUT2D eigenvalue weighted by Crippen LogP contribution is 2.35. The maximum absolute atomic E-state index is 15.2. The normalized spacial score (nSPS) is 19.3. The highest BCUT2D eigenvalue weighted by molar-refractivity contribution is 7.88. The molecule has 0 radical (unpaired) electrons. The first kappa shape index (κ1) is 31.8. The molecule has 6 nitrogen and oxygen atoms in total. The highest BCUT2D eigenvalue weighted by atomic mass is 32.2. The molecule has 42 heavy (non-hydrogen) atoms. The molecule has 1 heterocycles. The number of halogens is 2. The van der Waals surface area contributed by atoms with E-state index in [1.165, 1.54) is 24.5 Å². The van der Waals surface area contributed by atoms with Gasteiger partial charge in [-0.15, -0.1) is 0 Å². The molecule has 1 saturated heterocycles. The average Bonchev–Trinajstić information content (AvgIpc) is 2.92. The molecule has 2 N–H and O–H groups in total. The Balaban J connectivity index is 1.60. The Morgan fingerprint density at radius 3 is 2.26 bits per heavy atom. The summed E-state index contributed by atoms with van der Waals surface area (Å²) in [5.41, 5.74) is 4.57. The predicted octanol–water partition coefficient (Wildman–Crippen LogP) is 5.93. The zero-order valence-electron chi connectivity index (χ0n) is 25.0. The molecule has 0 unspecified atom stereocenters. The third-order valence-corrected chi connectivity index (χ3v) is 9.55. The van der Waals surface area contributed by atoms with E-state index in [2.05, 4.69) is 16.7 Å². The standard InChI is InChI=1S/C33H41F2N3O3S/c1-6-27-19-36-20-28(38(27)42(5,40)41)14-15-29-30(35)8-7-9-31(29)37-33(39)23(4)32(24-10-12-26(34)13-11-24)25-17-21(2)16-22(3)18-25/h7-13,16-18,23,27-28,32,36H,6,14-15,19-20H2,1-5H3,(H,37,39)/t23-,27+,28-,32-/m0/s1. The summed E-state index contributed by atoms with van der Waals surface area (Å²) in [4.78, 5) is 13.8. The number of hydrogen-bond acceptors (Lipinski definition) is 4. The molecule has 4 atom stereocenters. The quantitative estimate of drug-likeness (QED) is 0.304. The van der Waals surface area contributed by atoms with Crippen LogP contribution in [-0.4, -0.2) is 50.1 Å². The van der Waals surface area contributed by atoms with Crippen LogP contribution in [0.15, 0.2) is 60.7 Å². The second-order valence-electron chi connectivity index (χ2n) is 11.5. The molecule has 0 bridgehead atoms. The van der Waals surface area contributed by atoms with Crippen molar-refractivity contribution in [1.82, 2.24) is 9.62 Å². The van der Waals surface area contributed by atoms with Crippen molar-refractivity contribution in [2.45, 2.75) is 65.0 Å². The van der Waals surface area contributed by atoms with Crippen molar-refractivity contribution < 1.29 is 22.0 Å². The van der Waals surface area contributed by atoms with E-state index >= 15 is 4.39 Å². The fraction of sp³-hybridized carbons (Fsp3) is 0.424. The number of carbonyl (C=O) groups is 1. The molecule has 3 aromatic carbocycles. The number of benzene rings is 3. The number of hydrogen-bond donors (Lipinski definition) is 2. The molecule has 1 aliphatic heterocycles. The number of nitrogens with one attached hydrogen (secondary N) is 2. The van der Waals surface area contributed by atoms with Crippen LogP contribution >= 0.6 is 0 Å². The lowest BCUT2D eigenvalue weighted by molar-refractivity contribution is -0.119. The molecule has 9 heteroatoms. The lowest BCUT2D eigenvalue weighted by Crippen LogP contribution is -2.58. The molecule has 1 fully saturated rings. The minimum atomic E-state index is -3.46. The number of anilines is 1. The second kappa shape index (κ2) is 13.4. The van der Waals surface area contributed by atoms with Gasteiger partial charge in [-0.25, -0.2) is 17.2 Å². The number of aryl methyl sites for hydroxylation is 2. The monoisotopic (exact) mass is 597 g/mol. The lowest BCUT2D eigenvalue weighted by atomic mass is 9.80. The van der Waals surface area contributed by atoms with E-state index < -0.39 is 21.8 Å². The van der Waals surface area contributed by atoms with Gasteiger partial charge in [-0.05, 0) is 68.5 Å². The van der Waals surface area contributed by atoms with Gasteiger partial charge in [0.15, 0.2) is 0 Å². The summed E-state index contributed by atoms with van der Waals surface area (Å²) in [6.07, 6.45) is 2.54. The number of carbonyl (C=O) groups excluding carboxylic acids is 1. The maximum Gasteiger partial charge on any atom is 0.228 e. The van der Waals surface area contributed by atoms with Crippen molar-refractivity contribution in [2.75, 3.05) is 24.7 Å². The summed E-state index contributed by atoms with van der Waals surface area (Å²) in [5.74, 6) is -2.03. The smallest absolute Gasteiger partial charge is 0.228 e. The summed E-state index contributed by atoms with van der Waals surface area (Å²) in [6.45, 7) is 8.83. The summed E-state index contributed by atoms with van der Waals surface area (Å²) >= 11 is 0. The Morgan fingerprint density at radius 1 is 1.00 bits per heavy atom. The number of sulfonamides is 1. The van der Waals surface area contributed by atoms with Crippen LogP contribution < -0.4 is 10.6 Å². The maximum atomic E-state index is 15.2. The van der Waals surface area contributed by atoms with E-state index in [0.29, 0.717) is 37.2 Å². The van der Waals surface area contributed by atoms with E-state index in [4.69, 9.17) is 0 Å². The van der Waals surface area contributed by atoms with Gasteiger partial charge >= 0.3 is 0 Å². The first-order valence-corrected chi connectivity index (χ1v) is 16.3. The van der Waals surface area contributed by atoms with Crippen molar-refractivity contribution in [3.8, 4) is 0 Å². The molecule has 1 amide bonds. The van der Waals surface area contributed by atoms with Crippen molar-refractivity contribution in [3.63, 3.8) is 0 Å². The molecule has 0 aromatic heterocycles.